The molecule has 0 amide bonds. The van der Waals surface area contributed by atoms with Gasteiger partial charge in [0.05, 0.1) is 5.52 Å². The molecule has 2 heterocycles. The van der Waals surface area contributed by atoms with E-state index in [9.17, 15) is 0 Å². The van der Waals surface area contributed by atoms with Crippen LogP contribution in [0.2, 0.25) is 0 Å². The first kappa shape index (κ1) is 11.7. The number of hydrogen-bond donors (Lipinski definition) is 2. The Morgan fingerprint density at radius 2 is 2.29 bits per heavy atom. The number of nitrogens with one attached hydrogen (secondary N) is 1. The third-order valence-corrected chi connectivity index (χ3v) is 2.76. The molecule has 2 aromatic rings. The SMILES string of the molecule is CCC(O)OC.Ic1cc2ccc1[nH]2. The van der Waals surface area contributed by atoms with Gasteiger partial charge in [0.15, 0.2) is 6.29 Å². The second kappa shape index (κ2) is 5.53. The van der Waals surface area contributed by atoms with E-state index in [-0.39, 0.29) is 0 Å². The fraction of sp³-hybridized carbons (Fsp3) is 0.400. The molecule has 3 nitrogen and oxygen atoms in total. The topological polar surface area (TPSA) is 45.2 Å². The van der Waals surface area contributed by atoms with Gasteiger partial charge in [-0.15, -0.1) is 0 Å². The number of hydrogen-bond acceptors (Lipinski definition) is 2. The van der Waals surface area contributed by atoms with Crippen molar-refractivity contribution in [2.45, 2.75) is 19.6 Å². The van der Waals surface area contributed by atoms with Gasteiger partial charge in [-0.3, -0.25) is 0 Å². The monoisotopic (exact) mass is 307 g/mol. The van der Waals surface area contributed by atoms with Crippen LogP contribution in [0, 0.1) is 3.57 Å². The summed E-state index contributed by atoms with van der Waals surface area (Å²) in [6, 6.07) is 6.31. The van der Waals surface area contributed by atoms with Crippen LogP contribution >= 0.6 is 22.6 Å². The lowest BCUT2D eigenvalue weighted by Gasteiger charge is -2.00. The summed E-state index contributed by atoms with van der Waals surface area (Å²) in [5.74, 6) is 0. The van der Waals surface area contributed by atoms with Gasteiger partial charge in [0.1, 0.15) is 0 Å². The zero-order chi connectivity index (χ0) is 10.6. The molecular weight excluding hydrogens is 293 g/mol. The minimum Gasteiger partial charge on any atom is -0.368 e. The molecule has 2 N–H and O–H groups in total. The normalized spacial score (nSPS) is 12.6. The number of halogens is 1. The highest BCUT2D eigenvalue weighted by Gasteiger charge is 1.97. The van der Waals surface area contributed by atoms with Crippen LogP contribution in [0.25, 0.3) is 11.0 Å². The van der Waals surface area contributed by atoms with Crippen LogP contribution in [0.5, 0.6) is 0 Å². The number of aliphatic hydroxyl groups excluding tert-OH is 1. The quantitative estimate of drug-likeness (QED) is 0.661. The molecule has 2 bridgehead atoms. The Kier molecular flexibility index (Phi) is 4.64. The maximum absolute atomic E-state index is 8.44. The zero-order valence-corrected chi connectivity index (χ0v) is 10.4. The summed E-state index contributed by atoms with van der Waals surface area (Å²) in [4.78, 5) is 3.20. The van der Waals surface area contributed by atoms with Crippen molar-refractivity contribution >= 4 is 33.6 Å². The summed E-state index contributed by atoms with van der Waals surface area (Å²) >= 11 is 2.31. The summed E-state index contributed by atoms with van der Waals surface area (Å²) in [5, 5.41) is 8.44. The first-order chi connectivity index (χ1) is 6.67. The van der Waals surface area contributed by atoms with E-state index < -0.39 is 6.29 Å². The maximum Gasteiger partial charge on any atom is 0.153 e. The summed E-state index contributed by atoms with van der Waals surface area (Å²) in [7, 11) is 1.48. The highest BCUT2D eigenvalue weighted by molar-refractivity contribution is 14.1. The molecule has 0 radical (unpaired) electrons. The van der Waals surface area contributed by atoms with Crippen LogP contribution in [0.1, 0.15) is 13.3 Å². The van der Waals surface area contributed by atoms with E-state index in [1.807, 2.05) is 6.92 Å². The minimum absolute atomic E-state index is 0.565. The Bertz CT molecular complexity index is 357. The van der Waals surface area contributed by atoms with E-state index in [2.05, 4.69) is 50.5 Å². The van der Waals surface area contributed by atoms with E-state index in [1.54, 1.807) is 0 Å². The van der Waals surface area contributed by atoms with Gasteiger partial charge in [-0.2, -0.15) is 0 Å². The molecule has 1 unspecified atom stereocenters. The number of rotatable bonds is 2. The largest absolute Gasteiger partial charge is 0.368 e. The van der Waals surface area contributed by atoms with Crippen molar-refractivity contribution in [3.63, 3.8) is 0 Å². The molecule has 1 atom stereocenters. The Morgan fingerprint density at radius 3 is 2.43 bits per heavy atom. The molecule has 2 aromatic heterocycles. The van der Waals surface area contributed by atoms with Gasteiger partial charge in [-0.1, -0.05) is 6.92 Å². The molecule has 78 valence electrons. The van der Waals surface area contributed by atoms with Crippen molar-refractivity contribution in [3.05, 3.63) is 21.8 Å². The second-order valence-corrected chi connectivity index (χ2v) is 4.08. The predicted molar refractivity (Wildman–Crippen MR) is 65.5 cm³/mol. The number of aromatic amines is 1. The average molecular weight is 307 g/mol. The summed E-state index contributed by atoms with van der Waals surface area (Å²) in [6.07, 6.45) is 0.0984. The van der Waals surface area contributed by atoms with Gasteiger partial charge < -0.3 is 14.8 Å². The smallest absolute Gasteiger partial charge is 0.153 e. The highest BCUT2D eigenvalue weighted by Crippen LogP contribution is 2.18. The van der Waals surface area contributed by atoms with Crippen molar-refractivity contribution in [3.8, 4) is 0 Å². The summed E-state index contributed by atoms with van der Waals surface area (Å²) < 4.78 is 5.77. The number of aromatic nitrogens is 1. The summed E-state index contributed by atoms with van der Waals surface area (Å²) in [5.41, 5.74) is 2.48. The predicted octanol–water partition coefficient (Wildman–Crippen LogP) is 2.57. The molecule has 4 heteroatoms. The number of aliphatic hydroxyl groups is 1. The van der Waals surface area contributed by atoms with Crippen molar-refractivity contribution in [2.24, 2.45) is 0 Å². The van der Waals surface area contributed by atoms with Crippen LogP contribution in [0.3, 0.4) is 0 Å². The van der Waals surface area contributed by atoms with Crippen LogP contribution < -0.4 is 0 Å². The summed E-state index contributed by atoms with van der Waals surface area (Å²) in [6.45, 7) is 1.86. The van der Waals surface area contributed by atoms with Crippen molar-refractivity contribution in [1.29, 1.82) is 0 Å². The lowest BCUT2D eigenvalue weighted by atomic mass is 10.4. The van der Waals surface area contributed by atoms with Gasteiger partial charge >= 0.3 is 0 Å². The van der Waals surface area contributed by atoms with Crippen LogP contribution in [-0.4, -0.2) is 23.5 Å². The third-order valence-electron chi connectivity index (χ3n) is 1.87. The van der Waals surface area contributed by atoms with E-state index in [1.165, 1.54) is 21.7 Å². The van der Waals surface area contributed by atoms with Crippen LogP contribution in [0.15, 0.2) is 18.2 Å². The Hall–Kier alpha value is -0.330. The standard InChI is InChI=1S/C6H4IN.C4H10O2/c7-5-3-4-1-2-6(5)8-4;1-3-4(5)6-2/h1-3,8H;4-5H,3H2,1-2H3. The number of benzene rings is 1. The van der Waals surface area contributed by atoms with E-state index in [4.69, 9.17) is 5.11 Å². The van der Waals surface area contributed by atoms with Crippen LogP contribution in [-0.2, 0) is 4.74 Å². The van der Waals surface area contributed by atoms with Gasteiger partial charge in [0.25, 0.3) is 0 Å². The van der Waals surface area contributed by atoms with E-state index in [0.717, 1.165) is 0 Å². The zero-order valence-electron chi connectivity index (χ0n) is 8.25. The number of ether oxygens (including phenoxy) is 1. The molecule has 2 rings (SSSR count). The molecule has 0 aromatic carbocycles. The van der Waals surface area contributed by atoms with Gasteiger partial charge in [-0.25, -0.2) is 0 Å². The van der Waals surface area contributed by atoms with Crippen molar-refractivity contribution in [1.82, 2.24) is 4.98 Å². The van der Waals surface area contributed by atoms with E-state index in [0.29, 0.717) is 6.42 Å². The van der Waals surface area contributed by atoms with Crippen molar-refractivity contribution in [2.75, 3.05) is 7.11 Å². The molecule has 0 saturated heterocycles. The Morgan fingerprint density at radius 1 is 1.57 bits per heavy atom. The third kappa shape index (κ3) is 3.11. The molecule has 0 fully saturated rings. The van der Waals surface area contributed by atoms with Crippen molar-refractivity contribution < 1.29 is 9.84 Å². The fourth-order valence-corrected chi connectivity index (χ4v) is 1.67. The molecule has 14 heavy (non-hydrogen) atoms. The lowest BCUT2D eigenvalue weighted by molar-refractivity contribution is -0.0748. The maximum atomic E-state index is 8.44. The Balaban J connectivity index is 0.000000149. The second-order valence-electron chi connectivity index (χ2n) is 2.92. The fourth-order valence-electron chi connectivity index (χ4n) is 1.02. The molecule has 0 aliphatic heterocycles. The number of H-pyrrole nitrogens is 1. The first-order valence-corrected chi connectivity index (χ1v) is 5.52. The van der Waals surface area contributed by atoms with Gasteiger partial charge in [0, 0.05) is 16.2 Å². The molecule has 0 saturated carbocycles. The minimum atomic E-state index is -0.565. The average Bonchev–Trinajstić information content (AvgIpc) is 2.78. The molecule has 0 aliphatic carbocycles. The van der Waals surface area contributed by atoms with Gasteiger partial charge in [0.2, 0.25) is 0 Å². The number of fused-ring (bicyclic) bond motifs is 2. The van der Waals surface area contributed by atoms with Crippen LogP contribution in [0.4, 0.5) is 0 Å². The molecule has 0 spiro atoms. The number of methoxy groups -OCH3 is 1. The highest BCUT2D eigenvalue weighted by atomic mass is 127. The Labute approximate surface area is 96.9 Å². The lowest BCUT2D eigenvalue weighted by Crippen LogP contribution is -2.05. The van der Waals surface area contributed by atoms with Gasteiger partial charge in [-0.05, 0) is 47.2 Å². The molecule has 0 aliphatic rings. The molecular formula is C10H14INO2. The first-order valence-electron chi connectivity index (χ1n) is 4.44. The van der Waals surface area contributed by atoms with E-state index >= 15 is 0 Å².